The maximum absolute atomic E-state index is 13.3. The van der Waals surface area contributed by atoms with Gasteiger partial charge in [-0.3, -0.25) is 14.6 Å². The number of rotatable bonds is 13. The molecule has 41 heavy (non-hydrogen) atoms. The first kappa shape index (κ1) is 30.4. The van der Waals surface area contributed by atoms with Crippen molar-refractivity contribution in [2.24, 2.45) is 0 Å². The van der Waals surface area contributed by atoms with E-state index >= 15 is 0 Å². The first-order chi connectivity index (χ1) is 19.7. The van der Waals surface area contributed by atoms with Crippen molar-refractivity contribution in [2.45, 2.75) is 58.3 Å². The number of nitrogens with one attached hydrogen (secondary N) is 2. The Morgan fingerprint density at radius 2 is 1.93 bits per heavy atom. The van der Waals surface area contributed by atoms with E-state index in [1.54, 1.807) is 41.7 Å². The third-order valence-electron chi connectivity index (χ3n) is 6.62. The van der Waals surface area contributed by atoms with Gasteiger partial charge in [0.25, 0.3) is 11.8 Å². The zero-order chi connectivity index (χ0) is 29.4. The summed E-state index contributed by atoms with van der Waals surface area (Å²) in [5.74, 6) is -0.194. The highest BCUT2D eigenvalue weighted by molar-refractivity contribution is 7.09. The van der Waals surface area contributed by atoms with E-state index in [4.69, 9.17) is 0 Å². The SMILES string of the molecule is Cc1csc(CN(C)C(=O)c2cccc(C(=O)N[C@@H](Cc3cscn3)[C@H](O)CNCc3cncc(C(C)C)c3)c2)n1. The Kier molecular flexibility index (Phi) is 10.7. The zero-order valence-corrected chi connectivity index (χ0v) is 25.3. The Balaban J connectivity index is 1.40. The summed E-state index contributed by atoms with van der Waals surface area (Å²) in [5.41, 5.74) is 6.37. The number of thiazole rings is 2. The molecule has 0 spiro atoms. The fraction of sp³-hybridized carbons (Fsp3) is 0.367. The van der Waals surface area contributed by atoms with E-state index in [2.05, 4.69) is 45.5 Å². The van der Waals surface area contributed by atoms with Gasteiger partial charge in [0.15, 0.2) is 0 Å². The molecule has 0 aliphatic rings. The topological polar surface area (TPSA) is 120 Å². The molecule has 0 saturated carbocycles. The molecule has 0 aliphatic heterocycles. The molecule has 2 atom stereocenters. The van der Waals surface area contributed by atoms with Crippen LogP contribution in [0.15, 0.2) is 59.0 Å². The molecule has 0 bridgehead atoms. The van der Waals surface area contributed by atoms with Gasteiger partial charge in [0.1, 0.15) is 5.01 Å². The van der Waals surface area contributed by atoms with Gasteiger partial charge in [0, 0.05) is 66.5 Å². The van der Waals surface area contributed by atoms with E-state index in [1.807, 2.05) is 30.1 Å². The van der Waals surface area contributed by atoms with Gasteiger partial charge in [0.05, 0.1) is 29.9 Å². The maximum Gasteiger partial charge on any atom is 0.253 e. The second-order valence-electron chi connectivity index (χ2n) is 10.4. The van der Waals surface area contributed by atoms with Gasteiger partial charge in [-0.05, 0) is 42.2 Å². The van der Waals surface area contributed by atoms with Crippen molar-refractivity contribution in [3.8, 4) is 0 Å². The summed E-state index contributed by atoms with van der Waals surface area (Å²) in [5, 5.41) is 22.1. The van der Waals surface area contributed by atoms with Crippen molar-refractivity contribution in [3.63, 3.8) is 0 Å². The number of aliphatic hydroxyl groups is 1. The number of aryl methyl sites for hydroxylation is 1. The molecule has 3 heterocycles. The van der Waals surface area contributed by atoms with Gasteiger partial charge >= 0.3 is 0 Å². The number of hydrogen-bond acceptors (Lipinski definition) is 9. The smallest absolute Gasteiger partial charge is 0.253 e. The van der Waals surface area contributed by atoms with E-state index in [1.165, 1.54) is 22.7 Å². The van der Waals surface area contributed by atoms with Crippen molar-refractivity contribution in [3.05, 3.63) is 97.6 Å². The number of nitrogens with zero attached hydrogens (tertiary/aromatic N) is 4. The number of pyridine rings is 1. The number of carbonyl (C=O) groups excluding carboxylic acids is 2. The maximum atomic E-state index is 13.3. The van der Waals surface area contributed by atoms with Gasteiger partial charge in [-0.25, -0.2) is 9.97 Å². The molecule has 0 aliphatic carbocycles. The van der Waals surface area contributed by atoms with Crippen LogP contribution in [0.1, 0.15) is 68.0 Å². The summed E-state index contributed by atoms with van der Waals surface area (Å²) in [6.45, 7) is 7.36. The number of amides is 2. The normalized spacial score (nSPS) is 12.7. The predicted octanol–water partition coefficient (Wildman–Crippen LogP) is 4.19. The molecule has 2 amide bonds. The Hall–Kier alpha value is -3.51. The van der Waals surface area contributed by atoms with Crippen LogP contribution in [0.2, 0.25) is 0 Å². The van der Waals surface area contributed by atoms with Gasteiger partial charge in [-0.2, -0.15) is 0 Å². The van der Waals surface area contributed by atoms with E-state index in [0.29, 0.717) is 36.6 Å². The van der Waals surface area contributed by atoms with Crippen LogP contribution in [0, 0.1) is 6.92 Å². The van der Waals surface area contributed by atoms with Crippen molar-refractivity contribution in [1.29, 1.82) is 0 Å². The van der Waals surface area contributed by atoms with Crippen molar-refractivity contribution in [1.82, 2.24) is 30.5 Å². The number of aromatic nitrogens is 3. The van der Waals surface area contributed by atoms with E-state index in [-0.39, 0.29) is 18.4 Å². The fourth-order valence-electron chi connectivity index (χ4n) is 4.29. The van der Waals surface area contributed by atoms with Gasteiger partial charge in [-0.1, -0.05) is 26.0 Å². The van der Waals surface area contributed by atoms with Crippen molar-refractivity contribution in [2.75, 3.05) is 13.6 Å². The van der Waals surface area contributed by atoms with Crippen LogP contribution >= 0.6 is 22.7 Å². The summed E-state index contributed by atoms with van der Waals surface area (Å²) in [6, 6.07) is 8.14. The highest BCUT2D eigenvalue weighted by Crippen LogP contribution is 2.16. The second-order valence-corrected chi connectivity index (χ2v) is 12.0. The number of hydrogen-bond donors (Lipinski definition) is 3. The Bertz CT molecular complexity index is 1440. The second kappa shape index (κ2) is 14.4. The fourth-order valence-corrected chi connectivity index (χ4v) is 5.68. The molecule has 3 aromatic heterocycles. The van der Waals surface area contributed by atoms with E-state index in [9.17, 15) is 14.7 Å². The predicted molar refractivity (Wildman–Crippen MR) is 162 cm³/mol. The van der Waals surface area contributed by atoms with Gasteiger partial charge in [-0.15, -0.1) is 22.7 Å². The summed E-state index contributed by atoms with van der Waals surface area (Å²) < 4.78 is 0. The number of aliphatic hydroxyl groups excluding tert-OH is 1. The lowest BCUT2D eigenvalue weighted by Gasteiger charge is -2.24. The van der Waals surface area contributed by atoms with E-state index < -0.39 is 12.1 Å². The largest absolute Gasteiger partial charge is 0.390 e. The molecule has 9 nitrogen and oxygen atoms in total. The van der Waals surface area contributed by atoms with Crippen molar-refractivity contribution < 1.29 is 14.7 Å². The minimum Gasteiger partial charge on any atom is -0.390 e. The van der Waals surface area contributed by atoms with Crippen LogP contribution < -0.4 is 10.6 Å². The average molecular weight is 593 g/mol. The highest BCUT2D eigenvalue weighted by Gasteiger charge is 2.24. The number of carbonyl (C=O) groups is 2. The molecule has 3 N–H and O–H groups in total. The van der Waals surface area contributed by atoms with Crippen LogP contribution in [0.4, 0.5) is 0 Å². The van der Waals surface area contributed by atoms with Crippen LogP contribution in [0.25, 0.3) is 0 Å². The third-order valence-corrected chi connectivity index (χ3v) is 8.20. The van der Waals surface area contributed by atoms with Crippen LogP contribution in [0.5, 0.6) is 0 Å². The highest BCUT2D eigenvalue weighted by atomic mass is 32.1. The molecular weight excluding hydrogens is 557 g/mol. The van der Waals surface area contributed by atoms with Crippen LogP contribution in [0.3, 0.4) is 0 Å². The first-order valence-corrected chi connectivity index (χ1v) is 15.3. The van der Waals surface area contributed by atoms with Gasteiger partial charge < -0.3 is 20.6 Å². The molecule has 0 unspecified atom stereocenters. The summed E-state index contributed by atoms with van der Waals surface area (Å²) >= 11 is 2.97. The van der Waals surface area contributed by atoms with Crippen molar-refractivity contribution >= 4 is 34.5 Å². The average Bonchev–Trinajstić information content (AvgIpc) is 3.63. The Morgan fingerprint density at radius 1 is 1.12 bits per heavy atom. The van der Waals surface area contributed by atoms with Crippen LogP contribution in [-0.2, 0) is 19.5 Å². The minimum atomic E-state index is -0.875. The number of benzene rings is 1. The van der Waals surface area contributed by atoms with E-state index in [0.717, 1.165) is 27.5 Å². The third kappa shape index (κ3) is 8.74. The Labute approximate surface area is 248 Å². The molecular formula is C30H36N6O3S2. The molecule has 11 heteroatoms. The summed E-state index contributed by atoms with van der Waals surface area (Å²) in [7, 11) is 1.72. The molecule has 0 radical (unpaired) electrons. The standard InChI is InChI=1S/C30H36N6O3S2/c1-19(2)24-8-21(11-31-13-24)12-32-14-27(37)26(10-25-17-40-18-33-25)35-29(38)22-6-5-7-23(9-22)30(39)36(4)15-28-34-20(3)16-41-28/h5-9,11,13,16-19,26-27,32,37H,10,12,14-15H2,1-4H3,(H,35,38)/t26-,27+/m0/s1. The first-order valence-electron chi connectivity index (χ1n) is 13.5. The monoisotopic (exact) mass is 592 g/mol. The summed E-state index contributed by atoms with van der Waals surface area (Å²) in [4.78, 5) is 41.1. The lowest BCUT2D eigenvalue weighted by Crippen LogP contribution is -2.48. The Morgan fingerprint density at radius 3 is 2.63 bits per heavy atom. The van der Waals surface area contributed by atoms with Crippen LogP contribution in [-0.4, -0.2) is 62.5 Å². The molecule has 216 valence electrons. The minimum absolute atomic E-state index is 0.202. The molecule has 4 rings (SSSR count). The lowest BCUT2D eigenvalue weighted by atomic mass is 10.0. The molecule has 1 aromatic carbocycles. The zero-order valence-electron chi connectivity index (χ0n) is 23.7. The molecule has 4 aromatic rings. The lowest BCUT2D eigenvalue weighted by molar-refractivity contribution is 0.0784. The quantitative estimate of drug-likeness (QED) is 0.213. The summed E-state index contributed by atoms with van der Waals surface area (Å²) in [6.07, 6.45) is 3.17. The van der Waals surface area contributed by atoms with Gasteiger partial charge in [0.2, 0.25) is 0 Å². The molecule has 0 saturated heterocycles. The molecule has 0 fully saturated rings.